The Bertz CT molecular complexity index is 1020. The van der Waals surface area contributed by atoms with Gasteiger partial charge in [0.25, 0.3) is 0 Å². The first kappa shape index (κ1) is 25.0. The summed E-state index contributed by atoms with van der Waals surface area (Å²) in [6.45, 7) is 8.42. The van der Waals surface area contributed by atoms with Crippen LogP contribution in [0.4, 0.5) is 4.39 Å². The first-order chi connectivity index (χ1) is 16.3. The number of carbonyl (C=O) groups is 1. The van der Waals surface area contributed by atoms with Crippen molar-refractivity contribution in [2.75, 3.05) is 59.9 Å². The molecule has 34 heavy (non-hydrogen) atoms. The van der Waals surface area contributed by atoms with Crippen LogP contribution in [0.2, 0.25) is 0 Å². The van der Waals surface area contributed by atoms with E-state index in [4.69, 9.17) is 17.3 Å². The summed E-state index contributed by atoms with van der Waals surface area (Å²) in [5, 5.41) is 4.88. The summed E-state index contributed by atoms with van der Waals surface area (Å²) in [5.74, 6) is 0.810. The Morgan fingerprint density at radius 3 is 2.26 bits per heavy atom. The molecule has 0 aliphatic carbocycles. The molecule has 0 spiro atoms. The van der Waals surface area contributed by atoms with Gasteiger partial charge in [-0.05, 0) is 76.8 Å². The summed E-state index contributed by atoms with van der Waals surface area (Å²) < 4.78 is 17.9. The van der Waals surface area contributed by atoms with Gasteiger partial charge in [0, 0.05) is 45.0 Å². The Morgan fingerprint density at radius 2 is 1.65 bits per heavy atom. The molecule has 3 heterocycles. The van der Waals surface area contributed by atoms with Crippen LogP contribution >= 0.6 is 12.2 Å². The second kappa shape index (κ2) is 11.1. The molecular weight excluding hydrogens is 453 g/mol. The number of aromatic nitrogens is 3. The molecule has 0 N–H and O–H groups in total. The van der Waals surface area contributed by atoms with Crippen LogP contribution in [0.25, 0.3) is 5.69 Å². The van der Waals surface area contributed by atoms with Gasteiger partial charge in [-0.3, -0.25) is 24.1 Å². The van der Waals surface area contributed by atoms with E-state index in [9.17, 15) is 9.18 Å². The van der Waals surface area contributed by atoms with Crippen LogP contribution in [-0.2, 0) is 11.5 Å². The lowest BCUT2D eigenvalue weighted by Gasteiger charge is -2.35. The molecular formula is C24H36FN7OS. The maximum Gasteiger partial charge on any atom is 0.236 e. The SMILES string of the molecule is CC(c1nn(CN2CCN(CC(=O)N3CCCCC3)CC2)c(=S)n1-c1ccc(F)cc1)N(C)C. The third-order valence-electron chi connectivity index (χ3n) is 6.96. The largest absolute Gasteiger partial charge is 0.342 e. The number of hydrogen-bond acceptors (Lipinski definition) is 6. The van der Waals surface area contributed by atoms with E-state index in [1.165, 1.54) is 18.6 Å². The molecule has 2 fully saturated rings. The highest BCUT2D eigenvalue weighted by Crippen LogP contribution is 2.22. The van der Waals surface area contributed by atoms with Crippen LogP contribution in [0.3, 0.4) is 0 Å². The number of rotatable bonds is 7. The smallest absolute Gasteiger partial charge is 0.236 e. The summed E-state index contributed by atoms with van der Waals surface area (Å²) >= 11 is 5.82. The van der Waals surface area contributed by atoms with E-state index in [1.54, 1.807) is 12.1 Å². The van der Waals surface area contributed by atoms with Crippen LogP contribution in [-0.4, -0.2) is 99.8 Å². The van der Waals surface area contributed by atoms with Crippen molar-refractivity contribution in [2.24, 2.45) is 0 Å². The lowest BCUT2D eigenvalue weighted by atomic mass is 10.1. The molecule has 1 aromatic carbocycles. The molecule has 1 amide bonds. The summed E-state index contributed by atoms with van der Waals surface area (Å²) in [6.07, 6.45) is 3.48. The zero-order chi connectivity index (χ0) is 24.2. The second-order valence-electron chi connectivity index (χ2n) is 9.57. The zero-order valence-corrected chi connectivity index (χ0v) is 21.3. The summed E-state index contributed by atoms with van der Waals surface area (Å²) in [6, 6.07) is 6.40. The molecule has 2 aliphatic heterocycles. The fourth-order valence-corrected chi connectivity index (χ4v) is 4.86. The van der Waals surface area contributed by atoms with Gasteiger partial charge in [-0.15, -0.1) is 0 Å². The topological polar surface area (TPSA) is 52.8 Å². The van der Waals surface area contributed by atoms with Crippen molar-refractivity contribution in [1.29, 1.82) is 0 Å². The predicted molar refractivity (Wildman–Crippen MR) is 133 cm³/mol. The van der Waals surface area contributed by atoms with Crippen molar-refractivity contribution in [3.8, 4) is 5.69 Å². The van der Waals surface area contributed by atoms with Gasteiger partial charge in [0.1, 0.15) is 5.82 Å². The maximum absolute atomic E-state index is 13.5. The molecule has 0 saturated carbocycles. The fraction of sp³-hybridized carbons (Fsp3) is 0.625. The number of carbonyl (C=O) groups excluding carboxylic acids is 1. The summed E-state index contributed by atoms with van der Waals surface area (Å²) in [5.41, 5.74) is 0.808. The van der Waals surface area contributed by atoms with E-state index in [1.807, 2.05) is 28.2 Å². The molecule has 2 aromatic rings. The quantitative estimate of drug-likeness (QED) is 0.558. The van der Waals surface area contributed by atoms with Gasteiger partial charge in [-0.25, -0.2) is 9.07 Å². The number of amides is 1. The second-order valence-corrected chi connectivity index (χ2v) is 9.93. The molecule has 8 nitrogen and oxygen atoms in total. The average molecular weight is 490 g/mol. The lowest BCUT2D eigenvalue weighted by molar-refractivity contribution is -0.133. The van der Waals surface area contributed by atoms with E-state index in [0.717, 1.165) is 63.6 Å². The molecule has 0 bridgehead atoms. The highest BCUT2D eigenvalue weighted by molar-refractivity contribution is 7.71. The highest BCUT2D eigenvalue weighted by atomic mass is 32.1. The Hall–Kier alpha value is -2.14. The number of hydrogen-bond donors (Lipinski definition) is 0. The van der Waals surface area contributed by atoms with Gasteiger partial charge < -0.3 is 4.90 Å². The van der Waals surface area contributed by atoms with Crippen molar-refractivity contribution in [3.63, 3.8) is 0 Å². The van der Waals surface area contributed by atoms with Crippen molar-refractivity contribution >= 4 is 18.1 Å². The highest BCUT2D eigenvalue weighted by Gasteiger charge is 2.25. The van der Waals surface area contributed by atoms with E-state index >= 15 is 0 Å². The van der Waals surface area contributed by atoms with Gasteiger partial charge in [0.05, 0.1) is 19.3 Å². The minimum atomic E-state index is -0.276. The number of piperazine rings is 1. The average Bonchev–Trinajstić information content (AvgIpc) is 3.16. The minimum absolute atomic E-state index is 0.0330. The zero-order valence-electron chi connectivity index (χ0n) is 20.5. The van der Waals surface area contributed by atoms with E-state index in [-0.39, 0.29) is 17.8 Å². The van der Waals surface area contributed by atoms with Gasteiger partial charge >= 0.3 is 0 Å². The molecule has 1 atom stereocenters. The Balaban J connectivity index is 1.43. The monoisotopic (exact) mass is 489 g/mol. The maximum atomic E-state index is 13.5. The van der Waals surface area contributed by atoms with Crippen LogP contribution < -0.4 is 0 Å². The van der Waals surface area contributed by atoms with E-state index in [0.29, 0.717) is 18.0 Å². The predicted octanol–water partition coefficient (Wildman–Crippen LogP) is 2.75. The van der Waals surface area contributed by atoms with Crippen LogP contribution in [0.15, 0.2) is 24.3 Å². The first-order valence-corrected chi connectivity index (χ1v) is 12.6. The third kappa shape index (κ3) is 5.73. The number of halogens is 1. The molecule has 2 aliphatic rings. The van der Waals surface area contributed by atoms with Crippen molar-refractivity contribution in [1.82, 2.24) is 33.9 Å². The number of benzene rings is 1. The Labute approximate surface area is 206 Å². The standard InChI is InChI=1S/C24H36FN7OS/c1-19(27(2)3)23-26-31(24(34)32(23)21-9-7-20(25)8-10-21)18-29-15-13-28(14-16-29)17-22(33)30-11-5-4-6-12-30/h7-10,19H,4-6,11-18H2,1-3H3. The molecule has 1 unspecified atom stereocenters. The Kier molecular flexibility index (Phi) is 8.13. The first-order valence-electron chi connectivity index (χ1n) is 12.2. The van der Waals surface area contributed by atoms with Crippen LogP contribution in [0.5, 0.6) is 0 Å². The van der Waals surface area contributed by atoms with Gasteiger partial charge in [-0.1, -0.05) is 0 Å². The normalized spacial score (nSPS) is 19.0. The summed E-state index contributed by atoms with van der Waals surface area (Å²) in [4.78, 5) is 21.3. The van der Waals surface area contributed by atoms with Gasteiger partial charge in [0.15, 0.2) is 5.82 Å². The van der Waals surface area contributed by atoms with Gasteiger partial charge in [0.2, 0.25) is 10.7 Å². The van der Waals surface area contributed by atoms with Crippen LogP contribution in [0, 0.1) is 10.6 Å². The van der Waals surface area contributed by atoms with Gasteiger partial charge in [-0.2, -0.15) is 5.10 Å². The van der Waals surface area contributed by atoms with Crippen molar-refractivity contribution in [2.45, 2.75) is 38.9 Å². The Morgan fingerprint density at radius 1 is 1.03 bits per heavy atom. The minimum Gasteiger partial charge on any atom is -0.342 e. The van der Waals surface area contributed by atoms with E-state index in [2.05, 4.69) is 21.6 Å². The number of nitrogens with zero attached hydrogens (tertiary/aromatic N) is 7. The van der Waals surface area contributed by atoms with E-state index < -0.39 is 0 Å². The lowest BCUT2D eigenvalue weighted by Crippen LogP contribution is -2.50. The molecule has 186 valence electrons. The molecule has 4 rings (SSSR count). The third-order valence-corrected chi connectivity index (χ3v) is 7.36. The molecule has 0 radical (unpaired) electrons. The number of likely N-dealkylation sites (tertiary alicyclic amines) is 1. The van der Waals surface area contributed by atoms with Crippen LogP contribution in [0.1, 0.15) is 38.1 Å². The molecule has 10 heteroatoms. The summed E-state index contributed by atoms with van der Waals surface area (Å²) in [7, 11) is 4.01. The van der Waals surface area contributed by atoms with Crippen molar-refractivity contribution < 1.29 is 9.18 Å². The fourth-order valence-electron chi connectivity index (χ4n) is 4.56. The molecule has 1 aromatic heterocycles. The molecule has 2 saturated heterocycles. The van der Waals surface area contributed by atoms with Crippen molar-refractivity contribution in [3.05, 3.63) is 40.7 Å². The number of piperidine rings is 1.